The molecule has 0 N–H and O–H groups in total. The fourth-order valence-electron chi connectivity index (χ4n) is 1.54. The number of benzene rings is 1. The van der Waals surface area contributed by atoms with Crippen LogP contribution in [0.1, 0.15) is 18.1 Å². The Kier molecular flexibility index (Phi) is 4.76. The molecule has 0 aliphatic rings. The van der Waals surface area contributed by atoms with Gasteiger partial charge in [0, 0.05) is 0 Å². The Hall–Kier alpha value is -1.52. The summed E-state index contributed by atoms with van der Waals surface area (Å²) in [5, 5.41) is 0. The van der Waals surface area contributed by atoms with E-state index in [2.05, 4.69) is 4.74 Å². The molecule has 1 aromatic rings. The van der Waals surface area contributed by atoms with E-state index in [1.165, 1.54) is 6.92 Å². The van der Waals surface area contributed by atoms with Gasteiger partial charge in [0.15, 0.2) is 5.92 Å². The number of halogens is 3. The van der Waals surface area contributed by atoms with Crippen molar-refractivity contribution in [3.05, 3.63) is 35.4 Å². The van der Waals surface area contributed by atoms with Crippen molar-refractivity contribution in [3.8, 4) is 0 Å². The number of alkyl halides is 3. The molecule has 0 aromatic heterocycles. The van der Waals surface area contributed by atoms with Crippen LogP contribution < -0.4 is 0 Å². The summed E-state index contributed by atoms with van der Waals surface area (Å²) < 4.78 is 42.7. The molecule has 0 radical (unpaired) electrons. The molecule has 1 unspecified atom stereocenters. The largest absolute Gasteiger partial charge is 0.466 e. The minimum atomic E-state index is -4.59. The third-order valence-electron chi connectivity index (χ3n) is 2.53. The summed E-state index contributed by atoms with van der Waals surface area (Å²) >= 11 is 0. The first-order chi connectivity index (χ1) is 8.34. The van der Waals surface area contributed by atoms with Crippen molar-refractivity contribution in [1.29, 1.82) is 0 Å². The van der Waals surface area contributed by atoms with Crippen LogP contribution in [-0.2, 0) is 16.0 Å². The van der Waals surface area contributed by atoms with E-state index in [-0.39, 0.29) is 13.0 Å². The summed E-state index contributed by atoms with van der Waals surface area (Å²) in [5.74, 6) is -3.31. The summed E-state index contributed by atoms with van der Waals surface area (Å²) in [6.07, 6.45) is -4.97. The van der Waals surface area contributed by atoms with Gasteiger partial charge in [-0.2, -0.15) is 13.2 Å². The standard InChI is InChI=1S/C13H15F3O2/c1-3-18-12(17)11(13(14,15)16)8-10-6-4-9(2)5-7-10/h4-7,11H,3,8H2,1-2H3. The van der Waals surface area contributed by atoms with E-state index in [0.717, 1.165) is 5.56 Å². The zero-order valence-electron chi connectivity index (χ0n) is 10.3. The van der Waals surface area contributed by atoms with Crippen LogP contribution in [0, 0.1) is 12.8 Å². The molecule has 5 heteroatoms. The van der Waals surface area contributed by atoms with Gasteiger partial charge in [0.2, 0.25) is 0 Å². The van der Waals surface area contributed by atoms with Gasteiger partial charge in [-0.15, -0.1) is 0 Å². The van der Waals surface area contributed by atoms with Crippen molar-refractivity contribution in [1.82, 2.24) is 0 Å². The van der Waals surface area contributed by atoms with E-state index in [4.69, 9.17) is 0 Å². The van der Waals surface area contributed by atoms with Crippen LogP contribution in [0.4, 0.5) is 13.2 Å². The van der Waals surface area contributed by atoms with Gasteiger partial charge in [0.25, 0.3) is 0 Å². The number of carbonyl (C=O) groups excluding carboxylic acids is 1. The molecular formula is C13H15F3O2. The molecule has 1 atom stereocenters. The Labute approximate surface area is 104 Å². The quantitative estimate of drug-likeness (QED) is 0.776. The lowest BCUT2D eigenvalue weighted by atomic mass is 9.98. The number of hydrogen-bond acceptors (Lipinski definition) is 2. The van der Waals surface area contributed by atoms with Crippen LogP contribution >= 0.6 is 0 Å². The van der Waals surface area contributed by atoms with Crippen molar-refractivity contribution in [2.24, 2.45) is 5.92 Å². The van der Waals surface area contributed by atoms with Gasteiger partial charge in [-0.1, -0.05) is 29.8 Å². The Morgan fingerprint density at radius 3 is 2.28 bits per heavy atom. The van der Waals surface area contributed by atoms with E-state index < -0.39 is 18.1 Å². The fraction of sp³-hybridized carbons (Fsp3) is 0.462. The Morgan fingerprint density at radius 2 is 1.83 bits per heavy atom. The lowest BCUT2D eigenvalue weighted by molar-refractivity contribution is -0.197. The summed E-state index contributed by atoms with van der Waals surface area (Å²) in [6.45, 7) is 3.27. The van der Waals surface area contributed by atoms with Gasteiger partial charge in [-0.3, -0.25) is 4.79 Å². The van der Waals surface area contributed by atoms with E-state index in [0.29, 0.717) is 5.56 Å². The molecular weight excluding hydrogens is 245 g/mol. The Balaban J connectivity index is 2.85. The van der Waals surface area contributed by atoms with E-state index in [1.807, 2.05) is 6.92 Å². The van der Waals surface area contributed by atoms with Crippen LogP contribution in [0.15, 0.2) is 24.3 Å². The second-order valence-corrected chi connectivity index (χ2v) is 4.04. The van der Waals surface area contributed by atoms with E-state index in [9.17, 15) is 18.0 Å². The summed E-state index contributed by atoms with van der Waals surface area (Å²) in [6, 6.07) is 6.61. The number of aryl methyl sites for hydroxylation is 1. The maximum absolute atomic E-state index is 12.8. The van der Waals surface area contributed by atoms with Gasteiger partial charge in [0.05, 0.1) is 6.61 Å². The lowest BCUT2D eigenvalue weighted by Gasteiger charge is -2.18. The first-order valence-electron chi connectivity index (χ1n) is 5.63. The van der Waals surface area contributed by atoms with Gasteiger partial charge in [-0.05, 0) is 25.8 Å². The molecule has 0 amide bonds. The third kappa shape index (κ3) is 4.05. The van der Waals surface area contributed by atoms with Crippen LogP contribution in [0.2, 0.25) is 0 Å². The van der Waals surface area contributed by atoms with Crippen LogP contribution in [0.3, 0.4) is 0 Å². The molecule has 0 heterocycles. The molecule has 100 valence electrons. The second kappa shape index (κ2) is 5.89. The summed E-state index contributed by atoms with van der Waals surface area (Å²) in [7, 11) is 0. The highest BCUT2D eigenvalue weighted by Gasteiger charge is 2.45. The molecule has 0 fully saturated rings. The van der Waals surface area contributed by atoms with Crippen LogP contribution in [0.5, 0.6) is 0 Å². The smallest absolute Gasteiger partial charge is 0.402 e. The third-order valence-corrected chi connectivity index (χ3v) is 2.53. The minimum absolute atomic E-state index is 0.0562. The van der Waals surface area contributed by atoms with Gasteiger partial charge in [-0.25, -0.2) is 0 Å². The second-order valence-electron chi connectivity index (χ2n) is 4.04. The molecule has 2 nitrogen and oxygen atoms in total. The monoisotopic (exact) mass is 260 g/mol. The fourth-order valence-corrected chi connectivity index (χ4v) is 1.54. The molecule has 0 saturated carbocycles. The molecule has 18 heavy (non-hydrogen) atoms. The minimum Gasteiger partial charge on any atom is -0.466 e. The first kappa shape index (κ1) is 14.5. The summed E-state index contributed by atoms with van der Waals surface area (Å²) in [4.78, 5) is 11.3. The number of rotatable bonds is 4. The molecule has 0 bridgehead atoms. The molecule has 1 rings (SSSR count). The van der Waals surface area contributed by atoms with Gasteiger partial charge in [0.1, 0.15) is 0 Å². The number of carbonyl (C=O) groups is 1. The molecule has 0 saturated heterocycles. The van der Waals surface area contributed by atoms with E-state index in [1.54, 1.807) is 24.3 Å². The zero-order valence-corrected chi connectivity index (χ0v) is 10.3. The summed E-state index contributed by atoms with van der Waals surface area (Å²) in [5.41, 5.74) is 1.43. The van der Waals surface area contributed by atoms with Gasteiger partial charge >= 0.3 is 12.1 Å². The number of hydrogen-bond donors (Lipinski definition) is 0. The van der Waals surface area contributed by atoms with Crippen molar-refractivity contribution >= 4 is 5.97 Å². The average molecular weight is 260 g/mol. The SMILES string of the molecule is CCOC(=O)C(Cc1ccc(C)cc1)C(F)(F)F. The highest BCUT2D eigenvalue weighted by Crippen LogP contribution is 2.30. The topological polar surface area (TPSA) is 26.3 Å². The van der Waals surface area contributed by atoms with Gasteiger partial charge < -0.3 is 4.74 Å². The highest BCUT2D eigenvalue weighted by atomic mass is 19.4. The number of ether oxygens (including phenoxy) is 1. The molecule has 1 aromatic carbocycles. The Bertz CT molecular complexity index is 396. The predicted molar refractivity (Wildman–Crippen MR) is 61.1 cm³/mol. The van der Waals surface area contributed by atoms with Crippen LogP contribution in [0.25, 0.3) is 0 Å². The average Bonchev–Trinajstić information content (AvgIpc) is 2.26. The zero-order chi connectivity index (χ0) is 13.8. The van der Waals surface area contributed by atoms with Crippen molar-refractivity contribution in [2.75, 3.05) is 6.61 Å². The normalized spacial score (nSPS) is 13.2. The molecule has 0 aliphatic carbocycles. The van der Waals surface area contributed by atoms with Crippen molar-refractivity contribution in [3.63, 3.8) is 0 Å². The molecule has 0 aliphatic heterocycles. The van der Waals surface area contributed by atoms with Crippen molar-refractivity contribution < 1.29 is 22.7 Å². The highest BCUT2D eigenvalue weighted by molar-refractivity contribution is 5.73. The van der Waals surface area contributed by atoms with E-state index >= 15 is 0 Å². The Morgan fingerprint density at radius 1 is 1.28 bits per heavy atom. The lowest BCUT2D eigenvalue weighted by Crippen LogP contribution is -2.34. The van der Waals surface area contributed by atoms with Crippen LogP contribution in [-0.4, -0.2) is 18.8 Å². The van der Waals surface area contributed by atoms with Crippen molar-refractivity contribution in [2.45, 2.75) is 26.4 Å². The predicted octanol–water partition coefficient (Wildman–Crippen LogP) is 3.28. The number of esters is 1. The molecule has 0 spiro atoms. The first-order valence-corrected chi connectivity index (χ1v) is 5.63. The maximum Gasteiger partial charge on any atom is 0.402 e. The maximum atomic E-state index is 12.8.